The summed E-state index contributed by atoms with van der Waals surface area (Å²) in [5, 5.41) is 0. The van der Waals surface area contributed by atoms with Crippen molar-refractivity contribution in [2.24, 2.45) is 5.73 Å². The number of hydrogen-bond donors (Lipinski definition) is 1. The zero-order valence-electron chi connectivity index (χ0n) is 10.6. The van der Waals surface area contributed by atoms with E-state index in [4.69, 9.17) is 10.5 Å². The minimum absolute atomic E-state index is 0.160. The van der Waals surface area contributed by atoms with E-state index in [1.54, 1.807) is 18.2 Å². The highest BCUT2D eigenvalue weighted by molar-refractivity contribution is 5.31. The van der Waals surface area contributed by atoms with Gasteiger partial charge in [0.05, 0.1) is 0 Å². The standard InChI is InChI=1S/C15H15F2NO/c1-10-2-5-14(17)15(6-10)19-9-11-3-4-13(16)7-12(11)8-18/h2-7H,8-9,18H2,1H3. The molecule has 0 aliphatic rings. The van der Waals surface area contributed by atoms with E-state index in [2.05, 4.69) is 0 Å². The van der Waals surface area contributed by atoms with Gasteiger partial charge in [-0.3, -0.25) is 0 Å². The van der Waals surface area contributed by atoms with Gasteiger partial charge < -0.3 is 10.5 Å². The molecule has 0 heterocycles. The van der Waals surface area contributed by atoms with Gasteiger partial charge >= 0.3 is 0 Å². The van der Waals surface area contributed by atoms with Crippen LogP contribution >= 0.6 is 0 Å². The first-order valence-corrected chi connectivity index (χ1v) is 5.96. The Morgan fingerprint density at radius 1 is 1.05 bits per heavy atom. The summed E-state index contributed by atoms with van der Waals surface area (Å²) in [6.07, 6.45) is 0. The highest BCUT2D eigenvalue weighted by Crippen LogP contribution is 2.21. The Morgan fingerprint density at radius 3 is 2.58 bits per heavy atom. The molecule has 0 aliphatic carbocycles. The van der Waals surface area contributed by atoms with Crippen LogP contribution in [0.4, 0.5) is 8.78 Å². The molecule has 100 valence electrons. The Hall–Kier alpha value is -1.94. The minimum Gasteiger partial charge on any atom is -0.486 e. The van der Waals surface area contributed by atoms with Gasteiger partial charge in [0, 0.05) is 6.54 Å². The van der Waals surface area contributed by atoms with Gasteiger partial charge in [0.2, 0.25) is 0 Å². The molecule has 0 saturated heterocycles. The third-order valence-electron chi connectivity index (χ3n) is 2.86. The van der Waals surface area contributed by atoms with Crippen LogP contribution in [-0.2, 0) is 13.2 Å². The average Bonchev–Trinajstić information content (AvgIpc) is 2.40. The summed E-state index contributed by atoms with van der Waals surface area (Å²) in [7, 11) is 0. The van der Waals surface area contributed by atoms with E-state index >= 15 is 0 Å². The summed E-state index contributed by atoms with van der Waals surface area (Å²) in [5.74, 6) is -0.569. The minimum atomic E-state index is -0.415. The maximum Gasteiger partial charge on any atom is 0.165 e. The van der Waals surface area contributed by atoms with Gasteiger partial charge in [-0.1, -0.05) is 12.1 Å². The molecule has 2 nitrogen and oxygen atoms in total. The van der Waals surface area contributed by atoms with E-state index in [1.165, 1.54) is 18.2 Å². The maximum atomic E-state index is 13.5. The fraction of sp³-hybridized carbons (Fsp3) is 0.200. The number of rotatable bonds is 4. The van der Waals surface area contributed by atoms with Gasteiger partial charge in [-0.15, -0.1) is 0 Å². The number of aryl methyl sites for hydroxylation is 1. The van der Waals surface area contributed by atoms with E-state index in [0.29, 0.717) is 5.56 Å². The Kier molecular flexibility index (Phi) is 4.12. The molecule has 0 amide bonds. The molecule has 0 fully saturated rings. The topological polar surface area (TPSA) is 35.2 Å². The van der Waals surface area contributed by atoms with Crippen LogP contribution in [-0.4, -0.2) is 0 Å². The van der Waals surface area contributed by atoms with Crippen LogP contribution in [0.25, 0.3) is 0 Å². The average molecular weight is 263 g/mol. The first-order chi connectivity index (χ1) is 9.10. The zero-order valence-corrected chi connectivity index (χ0v) is 10.6. The van der Waals surface area contributed by atoms with Crippen LogP contribution < -0.4 is 10.5 Å². The molecule has 0 unspecified atom stereocenters. The van der Waals surface area contributed by atoms with Crippen molar-refractivity contribution in [1.82, 2.24) is 0 Å². The summed E-state index contributed by atoms with van der Waals surface area (Å²) in [5.41, 5.74) is 7.87. The number of ether oxygens (including phenoxy) is 1. The van der Waals surface area contributed by atoms with Crippen molar-refractivity contribution in [1.29, 1.82) is 0 Å². The Bertz CT molecular complexity index is 584. The van der Waals surface area contributed by atoms with Crippen molar-refractivity contribution in [3.63, 3.8) is 0 Å². The summed E-state index contributed by atoms with van der Waals surface area (Å²) in [6.45, 7) is 2.23. The van der Waals surface area contributed by atoms with Gasteiger partial charge in [0.15, 0.2) is 11.6 Å². The molecule has 0 saturated carbocycles. The fourth-order valence-corrected chi connectivity index (χ4v) is 1.80. The fourth-order valence-electron chi connectivity index (χ4n) is 1.80. The van der Waals surface area contributed by atoms with Crippen molar-refractivity contribution >= 4 is 0 Å². The third-order valence-corrected chi connectivity index (χ3v) is 2.86. The van der Waals surface area contributed by atoms with Gasteiger partial charge in [0.25, 0.3) is 0 Å². The quantitative estimate of drug-likeness (QED) is 0.918. The van der Waals surface area contributed by atoms with Crippen LogP contribution in [0.1, 0.15) is 16.7 Å². The van der Waals surface area contributed by atoms with Crippen molar-refractivity contribution in [3.8, 4) is 5.75 Å². The first kappa shape index (κ1) is 13.5. The Morgan fingerprint density at radius 2 is 1.84 bits per heavy atom. The van der Waals surface area contributed by atoms with Crippen LogP contribution in [0.15, 0.2) is 36.4 Å². The number of benzene rings is 2. The monoisotopic (exact) mass is 263 g/mol. The molecule has 2 N–H and O–H groups in total. The van der Waals surface area contributed by atoms with Gasteiger partial charge in [-0.05, 0) is 47.9 Å². The molecule has 2 aromatic carbocycles. The summed E-state index contributed by atoms with van der Waals surface area (Å²) in [6, 6.07) is 8.96. The van der Waals surface area contributed by atoms with Crippen LogP contribution in [0, 0.1) is 18.6 Å². The van der Waals surface area contributed by atoms with Crippen molar-refractivity contribution in [2.45, 2.75) is 20.1 Å². The molecule has 4 heteroatoms. The lowest BCUT2D eigenvalue weighted by atomic mass is 10.1. The van der Waals surface area contributed by atoms with E-state index in [1.807, 2.05) is 6.92 Å². The molecule has 0 spiro atoms. The van der Waals surface area contributed by atoms with Crippen molar-refractivity contribution < 1.29 is 13.5 Å². The van der Waals surface area contributed by atoms with E-state index in [9.17, 15) is 8.78 Å². The van der Waals surface area contributed by atoms with Gasteiger partial charge in [0.1, 0.15) is 12.4 Å². The molecule has 19 heavy (non-hydrogen) atoms. The highest BCUT2D eigenvalue weighted by atomic mass is 19.1. The third kappa shape index (κ3) is 3.29. The molecular formula is C15H15F2NO. The smallest absolute Gasteiger partial charge is 0.165 e. The first-order valence-electron chi connectivity index (χ1n) is 5.96. The normalized spacial score (nSPS) is 10.5. The number of nitrogens with two attached hydrogens (primary N) is 1. The van der Waals surface area contributed by atoms with E-state index < -0.39 is 5.82 Å². The Balaban J connectivity index is 2.16. The SMILES string of the molecule is Cc1ccc(F)c(OCc2ccc(F)cc2CN)c1. The zero-order chi connectivity index (χ0) is 13.8. The predicted octanol–water partition coefficient (Wildman–Crippen LogP) is 3.31. The summed E-state index contributed by atoms with van der Waals surface area (Å²) in [4.78, 5) is 0. The summed E-state index contributed by atoms with van der Waals surface area (Å²) < 4.78 is 32.0. The van der Waals surface area contributed by atoms with Crippen molar-refractivity contribution in [2.75, 3.05) is 0 Å². The van der Waals surface area contributed by atoms with Gasteiger partial charge in [-0.2, -0.15) is 0 Å². The molecule has 0 bridgehead atoms. The summed E-state index contributed by atoms with van der Waals surface area (Å²) >= 11 is 0. The second-order valence-corrected chi connectivity index (χ2v) is 4.34. The van der Waals surface area contributed by atoms with E-state index in [-0.39, 0.29) is 24.7 Å². The second kappa shape index (κ2) is 5.80. The molecule has 0 aliphatic heterocycles. The van der Waals surface area contributed by atoms with Crippen LogP contribution in [0.2, 0.25) is 0 Å². The second-order valence-electron chi connectivity index (χ2n) is 4.34. The lowest BCUT2D eigenvalue weighted by molar-refractivity contribution is 0.289. The van der Waals surface area contributed by atoms with Gasteiger partial charge in [-0.25, -0.2) is 8.78 Å². The molecular weight excluding hydrogens is 248 g/mol. The van der Waals surface area contributed by atoms with Crippen molar-refractivity contribution in [3.05, 3.63) is 64.7 Å². The lowest BCUT2D eigenvalue weighted by Gasteiger charge is -2.11. The molecule has 2 aromatic rings. The molecule has 0 radical (unpaired) electrons. The van der Waals surface area contributed by atoms with Crippen LogP contribution in [0.3, 0.4) is 0 Å². The lowest BCUT2D eigenvalue weighted by Crippen LogP contribution is -2.06. The molecule has 2 rings (SSSR count). The highest BCUT2D eigenvalue weighted by Gasteiger charge is 2.07. The molecule has 0 aromatic heterocycles. The predicted molar refractivity (Wildman–Crippen MR) is 69.8 cm³/mol. The largest absolute Gasteiger partial charge is 0.486 e. The molecule has 0 atom stereocenters. The Labute approximate surface area is 110 Å². The number of halogens is 2. The maximum absolute atomic E-state index is 13.5. The number of hydrogen-bond acceptors (Lipinski definition) is 2. The van der Waals surface area contributed by atoms with E-state index in [0.717, 1.165) is 11.1 Å². The van der Waals surface area contributed by atoms with Crippen LogP contribution in [0.5, 0.6) is 5.75 Å².